The van der Waals surface area contributed by atoms with Crippen LogP contribution in [0.25, 0.3) is 16.7 Å². The van der Waals surface area contributed by atoms with Crippen molar-refractivity contribution >= 4 is 23.4 Å². The standard InChI is InChI=1S/C21H25.C13H10.C10H9S.2ClH.Zr/c1-20(2,3)16-9-7-14-11-15-8-10-17(21(4,5)6)13-19(15)18(14)12-16;1-3-7-12(8-4-1)11-13-9-5-2-6-10-13;1-8-2-3-9(6-8)10-4-5-11-7-10;;;/h7,9-10,12-13H,11H2,1-6H3;1-10H;2-5,7-8H,1H3;2*1H;/q;;;;;+2/p-2. The zero-order chi connectivity index (χ0) is 32.2. The second kappa shape index (κ2) is 14.3. The molecule has 4 aromatic carbocycles. The summed E-state index contributed by atoms with van der Waals surface area (Å²) in [6.45, 7) is 16.6. The fourth-order valence-electron chi connectivity index (χ4n) is 7.18. The van der Waals surface area contributed by atoms with Gasteiger partial charge in [-0.2, -0.15) is 0 Å². The molecule has 244 valence electrons. The van der Waals surface area contributed by atoms with Gasteiger partial charge in [-0.05, 0) is 0 Å². The van der Waals surface area contributed by atoms with Gasteiger partial charge in [-0.15, -0.1) is 0 Å². The van der Waals surface area contributed by atoms with Crippen LogP contribution in [0, 0.1) is 5.92 Å². The Kier molecular flexibility index (Phi) is 10.9. The molecule has 1 aromatic heterocycles. The van der Waals surface area contributed by atoms with Crippen molar-refractivity contribution in [2.45, 2.75) is 65.7 Å². The topological polar surface area (TPSA) is 0 Å². The normalized spacial score (nSPS) is 14.8. The molecule has 0 saturated heterocycles. The summed E-state index contributed by atoms with van der Waals surface area (Å²) in [4.78, 5) is 0. The Morgan fingerprint density at radius 1 is 0.708 bits per heavy atom. The van der Waals surface area contributed by atoms with Gasteiger partial charge in [0, 0.05) is 0 Å². The van der Waals surface area contributed by atoms with Gasteiger partial charge in [0.2, 0.25) is 0 Å². The Bertz CT molecular complexity index is 1980. The third-order valence-electron chi connectivity index (χ3n) is 9.79. The van der Waals surface area contributed by atoms with Gasteiger partial charge < -0.3 is 24.8 Å². The first kappa shape index (κ1) is 36.7. The van der Waals surface area contributed by atoms with Gasteiger partial charge >= 0.3 is 290 Å². The average molecular weight is 767 g/mol. The van der Waals surface area contributed by atoms with Crippen molar-refractivity contribution in [2.24, 2.45) is 5.92 Å². The Morgan fingerprint density at radius 3 is 1.88 bits per heavy atom. The second-order valence-electron chi connectivity index (χ2n) is 15.1. The zero-order valence-electron chi connectivity index (χ0n) is 29.0. The predicted octanol–water partition coefficient (Wildman–Crippen LogP) is 5.05. The first-order valence-electron chi connectivity index (χ1n) is 16.6. The van der Waals surface area contributed by atoms with Crippen molar-refractivity contribution in [1.82, 2.24) is 0 Å². The fraction of sp³-hybridized carbons (Fsp3) is 0.250. The molecule has 2 aliphatic carbocycles. The Balaban J connectivity index is 0.00000225. The molecule has 1 unspecified atom stereocenters. The van der Waals surface area contributed by atoms with E-state index in [9.17, 15) is 0 Å². The van der Waals surface area contributed by atoms with E-state index in [2.05, 4.69) is 168 Å². The van der Waals surface area contributed by atoms with Crippen LogP contribution in [0.2, 0.25) is 0 Å². The summed E-state index contributed by atoms with van der Waals surface area (Å²) in [6, 6.07) is 37.5. The van der Waals surface area contributed by atoms with E-state index in [1.54, 1.807) is 26.7 Å². The van der Waals surface area contributed by atoms with E-state index in [0.717, 1.165) is 6.42 Å². The largest absolute Gasteiger partial charge is 1.00 e. The minimum atomic E-state index is -2.95. The molecule has 7 rings (SSSR count). The average Bonchev–Trinajstić information content (AvgIpc) is 3.78. The smallest absolute Gasteiger partial charge is 1.00 e. The third-order valence-corrected chi connectivity index (χ3v) is 18.6. The van der Waals surface area contributed by atoms with E-state index in [1.165, 1.54) is 50.1 Å². The maximum atomic E-state index is 2.67. The molecule has 48 heavy (non-hydrogen) atoms. The zero-order valence-corrected chi connectivity index (χ0v) is 33.8. The van der Waals surface area contributed by atoms with Gasteiger partial charge in [0.1, 0.15) is 0 Å². The molecule has 2 aliphatic rings. The van der Waals surface area contributed by atoms with E-state index >= 15 is 0 Å². The van der Waals surface area contributed by atoms with Crippen molar-refractivity contribution in [3.63, 3.8) is 0 Å². The Hall–Kier alpha value is -2.61. The summed E-state index contributed by atoms with van der Waals surface area (Å²) in [7, 11) is 0. The molecule has 0 nitrogen and oxygen atoms in total. The van der Waals surface area contributed by atoms with Crippen LogP contribution in [0.4, 0.5) is 0 Å². The number of rotatable bonds is 5. The van der Waals surface area contributed by atoms with E-state index in [4.69, 9.17) is 0 Å². The Labute approximate surface area is 312 Å². The molecule has 5 aromatic rings. The van der Waals surface area contributed by atoms with Crippen molar-refractivity contribution in [1.29, 1.82) is 0 Å². The molecule has 0 aliphatic heterocycles. The molecular formula is C44H44Cl2SZr. The molecule has 0 bridgehead atoms. The van der Waals surface area contributed by atoms with Gasteiger partial charge in [-0.3, -0.25) is 0 Å². The molecule has 0 saturated carbocycles. The van der Waals surface area contributed by atoms with Crippen LogP contribution in [-0.2, 0) is 38.5 Å². The van der Waals surface area contributed by atoms with Crippen molar-refractivity contribution in [3.05, 3.63) is 162 Å². The summed E-state index contributed by atoms with van der Waals surface area (Å²) in [5, 5.41) is 4.59. The first-order chi connectivity index (χ1) is 22.0. The SMILES string of the molecule is CC1C=CC(c2ccsc2)=[C]1[Zr+2](=[C](c1ccccc1)c1ccccc1)[c]1cc(C(C)(C)C)cc2c1Cc1ccc(C(C)(C)C)cc1-2.[Cl-].[Cl-]. The van der Waals surface area contributed by atoms with Gasteiger partial charge in [0.05, 0.1) is 0 Å². The van der Waals surface area contributed by atoms with Gasteiger partial charge in [0.25, 0.3) is 0 Å². The van der Waals surface area contributed by atoms with Crippen LogP contribution in [0.5, 0.6) is 0 Å². The molecule has 0 N–H and O–H groups in total. The molecule has 0 spiro atoms. The number of hydrogen-bond donors (Lipinski definition) is 0. The van der Waals surface area contributed by atoms with E-state index in [-0.39, 0.29) is 35.6 Å². The molecule has 0 radical (unpaired) electrons. The predicted molar refractivity (Wildman–Crippen MR) is 197 cm³/mol. The maximum Gasteiger partial charge on any atom is -1.00 e. The summed E-state index contributed by atoms with van der Waals surface area (Å²) in [5.74, 6) is 0.400. The number of halogens is 2. The van der Waals surface area contributed by atoms with Crippen LogP contribution < -0.4 is 28.1 Å². The van der Waals surface area contributed by atoms with Gasteiger partial charge in [0.15, 0.2) is 0 Å². The van der Waals surface area contributed by atoms with Gasteiger partial charge in [-0.25, -0.2) is 0 Å². The molecular weight excluding hydrogens is 723 g/mol. The molecule has 4 heteroatoms. The second-order valence-corrected chi connectivity index (χ2v) is 21.6. The summed E-state index contributed by atoms with van der Waals surface area (Å²) in [5.41, 5.74) is 14.6. The van der Waals surface area contributed by atoms with Crippen LogP contribution in [0.1, 0.15) is 87.4 Å². The summed E-state index contributed by atoms with van der Waals surface area (Å²) >= 11 is -1.14. The number of fused-ring (bicyclic) bond motifs is 3. The number of benzene rings is 4. The molecule has 1 atom stereocenters. The van der Waals surface area contributed by atoms with Crippen molar-refractivity contribution in [3.8, 4) is 11.1 Å². The first-order valence-corrected chi connectivity index (χ1v) is 21.3. The number of hydrogen-bond acceptors (Lipinski definition) is 1. The minimum absolute atomic E-state index is 0. The quantitative estimate of drug-likeness (QED) is 0.231. The molecule has 0 fully saturated rings. The van der Waals surface area contributed by atoms with Gasteiger partial charge in [-0.1, -0.05) is 0 Å². The van der Waals surface area contributed by atoms with E-state index in [0.29, 0.717) is 5.92 Å². The maximum absolute atomic E-state index is 2.95. The van der Waals surface area contributed by atoms with E-state index < -0.39 is 21.3 Å². The number of allylic oxidation sites excluding steroid dienone is 4. The fourth-order valence-corrected chi connectivity index (χ4v) is 16.7. The third kappa shape index (κ3) is 6.89. The van der Waals surface area contributed by atoms with Crippen LogP contribution >= 0.6 is 11.3 Å². The van der Waals surface area contributed by atoms with Crippen LogP contribution in [0.15, 0.2) is 123 Å². The number of thiophene rings is 1. The van der Waals surface area contributed by atoms with Crippen LogP contribution in [0.3, 0.4) is 0 Å². The van der Waals surface area contributed by atoms with E-state index in [1.807, 2.05) is 0 Å². The molecule has 1 heterocycles. The monoisotopic (exact) mass is 764 g/mol. The van der Waals surface area contributed by atoms with Crippen molar-refractivity contribution in [2.75, 3.05) is 0 Å². The summed E-state index contributed by atoms with van der Waals surface area (Å²) < 4.78 is 4.93. The minimum Gasteiger partial charge on any atom is -1.00 e. The van der Waals surface area contributed by atoms with Crippen molar-refractivity contribution < 1.29 is 46.1 Å². The summed E-state index contributed by atoms with van der Waals surface area (Å²) in [6.07, 6.45) is 5.92. The Morgan fingerprint density at radius 2 is 1.31 bits per heavy atom. The van der Waals surface area contributed by atoms with Crippen LogP contribution in [-0.4, -0.2) is 3.21 Å². The molecule has 0 amide bonds.